The van der Waals surface area contributed by atoms with Crippen LogP contribution in [0.4, 0.5) is 0 Å². The molecule has 0 spiro atoms. The lowest BCUT2D eigenvalue weighted by atomic mass is 9.97. The van der Waals surface area contributed by atoms with E-state index in [1.807, 2.05) is 55.4 Å². The highest BCUT2D eigenvalue weighted by Crippen LogP contribution is 2.12. The van der Waals surface area contributed by atoms with Crippen LogP contribution in [0.1, 0.15) is 95.9 Å². The molecule has 106 valence electrons. The van der Waals surface area contributed by atoms with Gasteiger partial charge in [-0.1, -0.05) is 89.5 Å². The molecule has 0 radical (unpaired) electrons. The van der Waals surface area contributed by atoms with Crippen LogP contribution in [-0.2, 0) is 0 Å². The molecule has 0 saturated heterocycles. The summed E-state index contributed by atoms with van der Waals surface area (Å²) >= 11 is 0. The van der Waals surface area contributed by atoms with Crippen LogP contribution in [0.3, 0.4) is 0 Å². The smallest absolute Gasteiger partial charge is 0.0443 e. The van der Waals surface area contributed by atoms with E-state index >= 15 is 0 Å². The molecule has 0 heteroatoms. The minimum absolute atomic E-state index is 0.880. The van der Waals surface area contributed by atoms with E-state index < -0.39 is 0 Å². The summed E-state index contributed by atoms with van der Waals surface area (Å²) in [5, 5.41) is 0. The van der Waals surface area contributed by atoms with Crippen molar-refractivity contribution in [3.63, 3.8) is 0 Å². The lowest BCUT2D eigenvalue weighted by Gasteiger charge is -2.09. The molecule has 0 aliphatic rings. The van der Waals surface area contributed by atoms with Gasteiger partial charge in [0, 0.05) is 0 Å². The average Bonchev–Trinajstić information content (AvgIpc) is 2.38. The van der Waals surface area contributed by atoms with Gasteiger partial charge >= 0.3 is 0 Å². The zero-order valence-electron chi connectivity index (χ0n) is 14.6. The van der Waals surface area contributed by atoms with Gasteiger partial charge in [-0.2, -0.15) is 0 Å². The summed E-state index contributed by atoms with van der Waals surface area (Å²) in [6.07, 6.45) is 2.72. The Morgan fingerprint density at radius 3 is 0.938 bits per heavy atom. The molecule has 0 rings (SSSR count). The first-order chi connectivity index (χ1) is 7.66. The van der Waals surface area contributed by atoms with Crippen molar-refractivity contribution >= 4 is 0 Å². The predicted molar refractivity (Wildman–Crippen MR) is 84.3 cm³/mol. The Morgan fingerprint density at radius 2 is 0.875 bits per heavy atom. The van der Waals surface area contributed by atoms with Crippen LogP contribution >= 0.6 is 0 Å². The molecule has 0 saturated carbocycles. The molecule has 0 nitrogen and oxygen atoms in total. The topological polar surface area (TPSA) is 0 Å². The molecule has 0 N–H and O–H groups in total. The van der Waals surface area contributed by atoms with E-state index in [1.54, 1.807) is 0 Å². The van der Waals surface area contributed by atoms with Gasteiger partial charge in [-0.25, -0.2) is 0 Å². The summed E-state index contributed by atoms with van der Waals surface area (Å²) in [7, 11) is 0. The maximum atomic E-state index is 2.32. The number of hydrogen-bond acceptors (Lipinski definition) is 0. The van der Waals surface area contributed by atoms with Gasteiger partial charge < -0.3 is 0 Å². The number of rotatable bonds is 3. The highest BCUT2D eigenvalue weighted by molar-refractivity contribution is 4.52. The lowest BCUT2D eigenvalue weighted by Crippen LogP contribution is -1.97. The zero-order chi connectivity index (χ0) is 14.6. The molecule has 1 atom stereocenters. The Hall–Kier alpha value is 0. The van der Waals surface area contributed by atoms with Crippen molar-refractivity contribution in [2.75, 3.05) is 0 Å². The zero-order valence-corrected chi connectivity index (χ0v) is 14.6. The first-order valence-electron chi connectivity index (χ1n) is 7.66. The largest absolute Gasteiger partial charge is 0.0683 e. The van der Waals surface area contributed by atoms with E-state index in [-0.39, 0.29) is 0 Å². The summed E-state index contributed by atoms with van der Waals surface area (Å²) in [5.41, 5.74) is 0. The summed E-state index contributed by atoms with van der Waals surface area (Å²) in [5.74, 6) is 1.81. The molecule has 0 aromatic heterocycles. The molecule has 0 aliphatic heterocycles. The summed E-state index contributed by atoms with van der Waals surface area (Å²) in [6, 6.07) is 0. The summed E-state index contributed by atoms with van der Waals surface area (Å²) < 4.78 is 0. The normalized spacial score (nSPS) is 8.81. The van der Waals surface area contributed by atoms with E-state index in [0.717, 1.165) is 11.8 Å². The molecular weight excluding hydrogens is 192 g/mol. The maximum Gasteiger partial charge on any atom is -0.0443 e. The van der Waals surface area contributed by atoms with Gasteiger partial charge in [0.25, 0.3) is 0 Å². The third-order valence-corrected chi connectivity index (χ3v) is 1.57. The Balaban J connectivity index is -0.0000000426. The van der Waals surface area contributed by atoms with Crippen LogP contribution in [0, 0.1) is 11.8 Å². The van der Waals surface area contributed by atoms with Crippen LogP contribution in [-0.4, -0.2) is 0 Å². The van der Waals surface area contributed by atoms with E-state index in [4.69, 9.17) is 0 Å². The van der Waals surface area contributed by atoms with Gasteiger partial charge in [0.1, 0.15) is 0 Å². The number of hydrogen-bond donors (Lipinski definition) is 0. The first-order valence-corrected chi connectivity index (χ1v) is 7.66. The van der Waals surface area contributed by atoms with Crippen molar-refractivity contribution in [3.05, 3.63) is 0 Å². The van der Waals surface area contributed by atoms with Crippen LogP contribution in [0.2, 0.25) is 0 Å². The monoisotopic (exact) mass is 234 g/mol. The molecule has 0 bridgehead atoms. The average molecular weight is 235 g/mol. The van der Waals surface area contributed by atoms with Crippen LogP contribution in [0.5, 0.6) is 0 Å². The van der Waals surface area contributed by atoms with Gasteiger partial charge in [-0.15, -0.1) is 0 Å². The Labute approximate surface area is 108 Å². The molecule has 0 aromatic carbocycles. The van der Waals surface area contributed by atoms with Crippen LogP contribution in [0.15, 0.2) is 0 Å². The van der Waals surface area contributed by atoms with Gasteiger partial charge in [-0.3, -0.25) is 0 Å². The highest BCUT2D eigenvalue weighted by atomic mass is 14.1. The fourth-order valence-corrected chi connectivity index (χ4v) is 0.971. The Morgan fingerprint density at radius 1 is 0.625 bits per heavy atom. The van der Waals surface area contributed by atoms with Gasteiger partial charge in [0.15, 0.2) is 0 Å². The third-order valence-electron chi connectivity index (χ3n) is 1.57. The van der Waals surface area contributed by atoms with Crippen LogP contribution < -0.4 is 0 Å². The van der Waals surface area contributed by atoms with Gasteiger partial charge in [0.05, 0.1) is 0 Å². The lowest BCUT2D eigenvalue weighted by molar-refractivity contribution is 0.429. The van der Waals surface area contributed by atoms with Crippen molar-refractivity contribution in [1.29, 1.82) is 0 Å². The fraction of sp³-hybridized carbons (Fsp3) is 1.00. The minimum Gasteiger partial charge on any atom is -0.0683 e. The van der Waals surface area contributed by atoms with Crippen molar-refractivity contribution in [2.45, 2.75) is 95.9 Å². The van der Waals surface area contributed by atoms with Crippen molar-refractivity contribution in [1.82, 2.24) is 0 Å². The highest BCUT2D eigenvalue weighted by Gasteiger charge is 2.00. The minimum atomic E-state index is 0.880. The molecule has 0 amide bonds. The molecular formula is C16H42. The molecule has 0 fully saturated rings. The maximum absolute atomic E-state index is 2.32. The molecule has 0 aromatic rings. The second-order valence-electron chi connectivity index (χ2n) is 3.14. The van der Waals surface area contributed by atoms with Crippen molar-refractivity contribution in [3.8, 4) is 0 Å². The second-order valence-corrected chi connectivity index (χ2v) is 3.14. The SMILES string of the molecule is CC.CC.CC.CC.CCC(C)CC(C)C. The predicted octanol–water partition coefficient (Wildman–Crippen LogP) is 7.18. The summed E-state index contributed by atoms with van der Waals surface area (Å²) in [6.45, 7) is 25.1. The van der Waals surface area contributed by atoms with E-state index in [9.17, 15) is 0 Å². The quantitative estimate of drug-likeness (QED) is 0.485. The van der Waals surface area contributed by atoms with Crippen molar-refractivity contribution in [2.24, 2.45) is 11.8 Å². The standard InChI is InChI=1S/C8H18.4C2H6/c1-5-8(4)6-7(2)3;4*1-2/h7-8H,5-6H2,1-4H3;4*1-2H3. The van der Waals surface area contributed by atoms with Gasteiger partial charge in [-0.05, 0) is 18.3 Å². The first kappa shape index (κ1) is 29.8. The van der Waals surface area contributed by atoms with E-state index in [1.165, 1.54) is 12.8 Å². The van der Waals surface area contributed by atoms with Crippen LogP contribution in [0.25, 0.3) is 0 Å². The fourth-order valence-electron chi connectivity index (χ4n) is 0.971. The molecule has 0 aliphatic carbocycles. The molecule has 16 heavy (non-hydrogen) atoms. The molecule has 1 unspecified atom stereocenters. The van der Waals surface area contributed by atoms with E-state index in [2.05, 4.69) is 27.7 Å². The van der Waals surface area contributed by atoms with Gasteiger partial charge in [0.2, 0.25) is 0 Å². The Bertz CT molecular complexity index is 46.0. The Kier molecular flexibility index (Phi) is 85.4. The van der Waals surface area contributed by atoms with E-state index in [0.29, 0.717) is 0 Å². The summed E-state index contributed by atoms with van der Waals surface area (Å²) in [4.78, 5) is 0. The second kappa shape index (κ2) is 45.9. The third kappa shape index (κ3) is 65.7. The molecule has 0 heterocycles. The van der Waals surface area contributed by atoms with Crippen molar-refractivity contribution < 1.29 is 0 Å².